The molecule has 0 bridgehead atoms. The van der Waals surface area contributed by atoms with Gasteiger partial charge in [0.15, 0.2) is 0 Å². The van der Waals surface area contributed by atoms with E-state index in [4.69, 9.17) is 10.5 Å². The largest absolute Gasteiger partial charge is 0.364 e. The Morgan fingerprint density at radius 1 is 1.39 bits per heavy atom. The van der Waals surface area contributed by atoms with Crippen LogP contribution in [0.5, 0.6) is 0 Å². The molecular weight excluding hydrogens is 294 g/mol. The standard InChI is InChI=1S/C17H23N3O3/c1-11(21)19-14-5-2-6-15-13(14)4-3-9-20(15)17(22)16-8-7-12(10-18)23-16/h2,5-6,12,16H,3-4,7-10,18H2,1H3,(H,19,21)/t12-,16+/m1/s1. The van der Waals surface area contributed by atoms with Crippen molar-refractivity contribution in [3.63, 3.8) is 0 Å². The highest BCUT2D eigenvalue weighted by Gasteiger charge is 2.35. The normalized spacial score (nSPS) is 23.5. The van der Waals surface area contributed by atoms with Crippen LogP contribution < -0.4 is 16.0 Å². The lowest BCUT2D eigenvalue weighted by Gasteiger charge is -2.32. The van der Waals surface area contributed by atoms with E-state index in [1.54, 1.807) is 4.90 Å². The number of carbonyl (C=O) groups is 2. The average Bonchev–Trinajstić information content (AvgIpc) is 3.02. The topological polar surface area (TPSA) is 84.7 Å². The van der Waals surface area contributed by atoms with Crippen molar-refractivity contribution < 1.29 is 14.3 Å². The summed E-state index contributed by atoms with van der Waals surface area (Å²) in [5.41, 5.74) is 8.32. The Kier molecular flexibility index (Phi) is 4.63. The molecule has 3 rings (SSSR count). The molecular formula is C17H23N3O3. The van der Waals surface area contributed by atoms with Crippen LogP contribution in [0.15, 0.2) is 18.2 Å². The molecule has 3 N–H and O–H groups in total. The van der Waals surface area contributed by atoms with Crippen molar-refractivity contribution in [2.45, 2.75) is 44.8 Å². The summed E-state index contributed by atoms with van der Waals surface area (Å²) >= 11 is 0. The van der Waals surface area contributed by atoms with Crippen LogP contribution >= 0.6 is 0 Å². The number of benzene rings is 1. The summed E-state index contributed by atoms with van der Waals surface area (Å²) in [6, 6.07) is 5.69. The van der Waals surface area contributed by atoms with Gasteiger partial charge in [-0.25, -0.2) is 0 Å². The second kappa shape index (κ2) is 6.68. The van der Waals surface area contributed by atoms with Gasteiger partial charge in [-0.3, -0.25) is 9.59 Å². The molecule has 2 aliphatic rings. The summed E-state index contributed by atoms with van der Waals surface area (Å²) in [6.45, 7) is 2.63. The van der Waals surface area contributed by atoms with Crippen LogP contribution in [0.4, 0.5) is 11.4 Å². The first kappa shape index (κ1) is 16.0. The number of anilines is 2. The number of amides is 2. The maximum absolute atomic E-state index is 12.8. The van der Waals surface area contributed by atoms with Gasteiger partial charge in [0, 0.05) is 31.4 Å². The summed E-state index contributed by atoms with van der Waals surface area (Å²) in [5, 5.41) is 2.85. The Balaban J connectivity index is 1.84. The van der Waals surface area contributed by atoms with Gasteiger partial charge in [-0.05, 0) is 43.4 Å². The minimum absolute atomic E-state index is 0.00174. The van der Waals surface area contributed by atoms with Gasteiger partial charge >= 0.3 is 0 Å². The van der Waals surface area contributed by atoms with Gasteiger partial charge in [-0.2, -0.15) is 0 Å². The number of nitrogens with zero attached hydrogens (tertiary/aromatic N) is 1. The summed E-state index contributed by atoms with van der Waals surface area (Å²) in [6.07, 6.45) is 2.87. The number of nitrogens with two attached hydrogens (primary N) is 1. The van der Waals surface area contributed by atoms with E-state index < -0.39 is 6.10 Å². The Morgan fingerprint density at radius 2 is 2.22 bits per heavy atom. The van der Waals surface area contributed by atoms with Crippen molar-refractivity contribution in [1.82, 2.24) is 0 Å². The molecule has 2 aliphatic heterocycles. The zero-order chi connectivity index (χ0) is 16.4. The van der Waals surface area contributed by atoms with Crippen LogP contribution in [0.1, 0.15) is 31.7 Å². The monoisotopic (exact) mass is 317 g/mol. The van der Waals surface area contributed by atoms with E-state index in [2.05, 4.69) is 5.32 Å². The van der Waals surface area contributed by atoms with Gasteiger partial charge in [0.25, 0.3) is 5.91 Å². The highest BCUT2D eigenvalue weighted by Crippen LogP contribution is 2.34. The lowest BCUT2D eigenvalue weighted by molar-refractivity contribution is -0.129. The van der Waals surface area contributed by atoms with Gasteiger partial charge in [0.1, 0.15) is 6.10 Å². The second-order valence-electron chi connectivity index (χ2n) is 6.14. The van der Waals surface area contributed by atoms with E-state index >= 15 is 0 Å². The minimum Gasteiger partial charge on any atom is -0.364 e. The molecule has 2 amide bonds. The molecule has 2 heterocycles. The lowest BCUT2D eigenvalue weighted by atomic mass is 9.98. The third-order valence-electron chi connectivity index (χ3n) is 4.47. The molecule has 6 heteroatoms. The van der Waals surface area contributed by atoms with Crippen LogP contribution in [0, 0.1) is 0 Å². The van der Waals surface area contributed by atoms with Crippen LogP contribution in [0.2, 0.25) is 0 Å². The van der Waals surface area contributed by atoms with Crippen molar-refractivity contribution >= 4 is 23.2 Å². The van der Waals surface area contributed by atoms with E-state index in [0.29, 0.717) is 13.1 Å². The van der Waals surface area contributed by atoms with Gasteiger partial charge < -0.3 is 20.7 Å². The first-order valence-electron chi connectivity index (χ1n) is 8.16. The molecule has 6 nitrogen and oxygen atoms in total. The van der Waals surface area contributed by atoms with Gasteiger partial charge in [-0.15, -0.1) is 0 Å². The summed E-state index contributed by atoms with van der Waals surface area (Å²) in [7, 11) is 0. The average molecular weight is 317 g/mol. The lowest BCUT2D eigenvalue weighted by Crippen LogP contribution is -2.42. The molecule has 1 aromatic rings. The van der Waals surface area contributed by atoms with E-state index in [0.717, 1.165) is 42.6 Å². The third kappa shape index (κ3) is 3.23. The molecule has 1 aromatic carbocycles. The van der Waals surface area contributed by atoms with E-state index in [-0.39, 0.29) is 17.9 Å². The fourth-order valence-corrected chi connectivity index (χ4v) is 3.39. The van der Waals surface area contributed by atoms with Crippen molar-refractivity contribution in [1.29, 1.82) is 0 Å². The molecule has 2 atom stereocenters. The highest BCUT2D eigenvalue weighted by molar-refractivity contribution is 5.99. The number of rotatable bonds is 3. The molecule has 1 saturated heterocycles. The van der Waals surface area contributed by atoms with Crippen molar-refractivity contribution in [2.24, 2.45) is 5.73 Å². The van der Waals surface area contributed by atoms with Gasteiger partial charge in [0.2, 0.25) is 5.91 Å². The number of fused-ring (bicyclic) bond motifs is 1. The first-order valence-corrected chi connectivity index (χ1v) is 8.16. The Hall–Kier alpha value is -1.92. The van der Waals surface area contributed by atoms with Crippen molar-refractivity contribution in [3.8, 4) is 0 Å². The van der Waals surface area contributed by atoms with Crippen LogP contribution in [0.25, 0.3) is 0 Å². The van der Waals surface area contributed by atoms with Crippen LogP contribution in [0.3, 0.4) is 0 Å². The Labute approximate surface area is 136 Å². The number of nitrogens with one attached hydrogen (secondary N) is 1. The van der Waals surface area contributed by atoms with Crippen LogP contribution in [-0.4, -0.2) is 37.1 Å². The van der Waals surface area contributed by atoms with E-state index in [1.165, 1.54) is 6.92 Å². The smallest absolute Gasteiger partial charge is 0.256 e. The molecule has 0 radical (unpaired) electrons. The molecule has 0 unspecified atom stereocenters. The zero-order valence-electron chi connectivity index (χ0n) is 13.4. The molecule has 23 heavy (non-hydrogen) atoms. The maximum atomic E-state index is 12.8. The number of hydrogen-bond acceptors (Lipinski definition) is 4. The second-order valence-corrected chi connectivity index (χ2v) is 6.14. The van der Waals surface area contributed by atoms with Crippen molar-refractivity contribution in [3.05, 3.63) is 23.8 Å². The zero-order valence-corrected chi connectivity index (χ0v) is 13.4. The predicted molar refractivity (Wildman–Crippen MR) is 88.4 cm³/mol. The molecule has 1 fully saturated rings. The van der Waals surface area contributed by atoms with E-state index in [1.807, 2.05) is 18.2 Å². The highest BCUT2D eigenvalue weighted by atomic mass is 16.5. The van der Waals surface area contributed by atoms with Crippen molar-refractivity contribution in [2.75, 3.05) is 23.3 Å². The fourth-order valence-electron chi connectivity index (χ4n) is 3.39. The predicted octanol–water partition coefficient (Wildman–Crippen LogP) is 1.43. The summed E-state index contributed by atoms with van der Waals surface area (Å²) in [5.74, 6) is -0.103. The Morgan fingerprint density at radius 3 is 2.91 bits per heavy atom. The molecule has 0 aliphatic carbocycles. The number of hydrogen-bond donors (Lipinski definition) is 2. The molecule has 0 saturated carbocycles. The number of carbonyl (C=O) groups excluding carboxylic acids is 2. The van der Waals surface area contributed by atoms with Gasteiger partial charge in [0.05, 0.1) is 6.10 Å². The summed E-state index contributed by atoms with van der Waals surface area (Å²) in [4.78, 5) is 26.0. The Bertz CT molecular complexity index is 617. The molecule has 0 spiro atoms. The third-order valence-corrected chi connectivity index (χ3v) is 4.47. The van der Waals surface area contributed by atoms with Gasteiger partial charge in [-0.1, -0.05) is 6.07 Å². The first-order chi connectivity index (χ1) is 11.1. The minimum atomic E-state index is -0.404. The quantitative estimate of drug-likeness (QED) is 0.883. The number of ether oxygens (including phenoxy) is 1. The van der Waals surface area contributed by atoms with Crippen LogP contribution in [-0.2, 0) is 20.7 Å². The fraction of sp³-hybridized carbons (Fsp3) is 0.529. The maximum Gasteiger partial charge on any atom is 0.256 e. The molecule has 124 valence electrons. The van der Waals surface area contributed by atoms with E-state index in [9.17, 15) is 9.59 Å². The molecule has 0 aromatic heterocycles. The summed E-state index contributed by atoms with van der Waals surface area (Å²) < 4.78 is 5.75. The SMILES string of the molecule is CC(=O)Nc1cccc2c1CCCN2C(=O)[C@@H]1CC[C@H](CN)O1.